The van der Waals surface area contributed by atoms with Gasteiger partial charge in [0.25, 0.3) is 0 Å². The van der Waals surface area contributed by atoms with Gasteiger partial charge in [-0.15, -0.1) is 0 Å². The number of carbonyl (C=O) groups excluding carboxylic acids is 1. The lowest BCUT2D eigenvalue weighted by Crippen LogP contribution is -2.12. The molecule has 2 rings (SSSR count). The molecule has 0 unspecified atom stereocenters. The third-order valence-corrected chi connectivity index (χ3v) is 3.00. The third-order valence-electron chi connectivity index (χ3n) is 3.00. The van der Waals surface area contributed by atoms with Crippen LogP contribution in [0.2, 0.25) is 0 Å². The number of nitrogen functional groups attached to an aromatic ring is 1. The van der Waals surface area contributed by atoms with Gasteiger partial charge in [0.2, 0.25) is 5.91 Å². The van der Waals surface area contributed by atoms with Gasteiger partial charge in [0, 0.05) is 17.8 Å². The Balaban J connectivity index is 1.68. The second kappa shape index (κ2) is 7.33. The van der Waals surface area contributed by atoms with Crippen molar-refractivity contribution in [2.45, 2.75) is 19.8 Å². The lowest BCUT2D eigenvalue weighted by atomic mass is 10.2. The summed E-state index contributed by atoms with van der Waals surface area (Å²) in [5.41, 5.74) is 8.19. The Bertz CT molecular complexity index is 594. The van der Waals surface area contributed by atoms with Gasteiger partial charge < -0.3 is 15.8 Å². The first kappa shape index (κ1) is 14.9. The number of nitrogens with two attached hydrogens (primary N) is 1. The maximum Gasteiger partial charge on any atom is 0.224 e. The highest BCUT2D eigenvalue weighted by atomic mass is 16.5. The van der Waals surface area contributed by atoms with E-state index in [0.29, 0.717) is 25.1 Å². The molecule has 4 nitrogen and oxygen atoms in total. The number of nitrogens with one attached hydrogen (secondary N) is 1. The Morgan fingerprint density at radius 1 is 1.19 bits per heavy atom. The average Bonchev–Trinajstić information content (AvgIpc) is 2.46. The first-order chi connectivity index (χ1) is 10.1. The molecule has 2 aromatic carbocycles. The first-order valence-electron chi connectivity index (χ1n) is 6.98. The van der Waals surface area contributed by atoms with Crippen molar-refractivity contribution in [1.29, 1.82) is 0 Å². The quantitative estimate of drug-likeness (QED) is 0.631. The molecule has 4 heteroatoms. The van der Waals surface area contributed by atoms with E-state index in [4.69, 9.17) is 10.5 Å². The van der Waals surface area contributed by atoms with Crippen LogP contribution in [0.4, 0.5) is 11.4 Å². The van der Waals surface area contributed by atoms with Gasteiger partial charge in [-0.25, -0.2) is 0 Å². The zero-order valence-corrected chi connectivity index (χ0v) is 12.1. The summed E-state index contributed by atoms with van der Waals surface area (Å²) in [6, 6.07) is 15.0. The van der Waals surface area contributed by atoms with Crippen molar-refractivity contribution in [3.8, 4) is 5.75 Å². The van der Waals surface area contributed by atoms with Crippen molar-refractivity contribution in [3.05, 3.63) is 54.1 Å². The minimum Gasteiger partial charge on any atom is -0.494 e. The second-order valence-corrected chi connectivity index (χ2v) is 4.94. The van der Waals surface area contributed by atoms with E-state index in [1.165, 1.54) is 0 Å². The number of aryl methyl sites for hydroxylation is 1. The fraction of sp³-hybridized carbons (Fsp3) is 0.235. The van der Waals surface area contributed by atoms with Crippen molar-refractivity contribution in [2.75, 3.05) is 17.7 Å². The number of benzene rings is 2. The van der Waals surface area contributed by atoms with E-state index in [-0.39, 0.29) is 5.91 Å². The normalized spacial score (nSPS) is 10.1. The van der Waals surface area contributed by atoms with Crippen LogP contribution in [0, 0.1) is 6.92 Å². The van der Waals surface area contributed by atoms with Crippen molar-refractivity contribution >= 4 is 17.3 Å². The van der Waals surface area contributed by atoms with E-state index in [1.54, 1.807) is 24.3 Å². The van der Waals surface area contributed by atoms with E-state index in [0.717, 1.165) is 17.0 Å². The lowest BCUT2D eigenvalue weighted by Gasteiger charge is -2.08. The van der Waals surface area contributed by atoms with Gasteiger partial charge in [-0.05, 0) is 55.3 Å². The molecule has 0 atom stereocenters. The summed E-state index contributed by atoms with van der Waals surface area (Å²) in [7, 11) is 0. The number of ether oxygens (including phenoxy) is 1. The van der Waals surface area contributed by atoms with Crippen LogP contribution in [0.1, 0.15) is 18.4 Å². The molecule has 21 heavy (non-hydrogen) atoms. The van der Waals surface area contributed by atoms with Gasteiger partial charge >= 0.3 is 0 Å². The van der Waals surface area contributed by atoms with Gasteiger partial charge in [0.05, 0.1) is 6.61 Å². The molecule has 0 heterocycles. The standard InChI is InChI=1S/C17H20N2O2/c1-13-4-2-5-16(12-13)21-11-3-6-17(20)19-15-9-7-14(18)8-10-15/h2,4-5,7-10,12H,3,6,11,18H2,1H3,(H,19,20). The van der Waals surface area contributed by atoms with E-state index in [9.17, 15) is 4.79 Å². The first-order valence-corrected chi connectivity index (χ1v) is 6.98. The van der Waals surface area contributed by atoms with Gasteiger partial charge in [0.1, 0.15) is 5.75 Å². The predicted molar refractivity (Wildman–Crippen MR) is 85.4 cm³/mol. The summed E-state index contributed by atoms with van der Waals surface area (Å²) < 4.78 is 5.61. The van der Waals surface area contributed by atoms with Crippen molar-refractivity contribution in [1.82, 2.24) is 0 Å². The van der Waals surface area contributed by atoms with Crippen LogP contribution < -0.4 is 15.8 Å². The van der Waals surface area contributed by atoms with E-state index in [2.05, 4.69) is 5.32 Å². The van der Waals surface area contributed by atoms with Crippen molar-refractivity contribution in [2.24, 2.45) is 0 Å². The van der Waals surface area contributed by atoms with Crippen LogP contribution >= 0.6 is 0 Å². The highest BCUT2D eigenvalue weighted by molar-refractivity contribution is 5.90. The molecular formula is C17H20N2O2. The Hall–Kier alpha value is -2.49. The maximum atomic E-state index is 11.8. The fourth-order valence-corrected chi connectivity index (χ4v) is 1.92. The van der Waals surface area contributed by atoms with E-state index >= 15 is 0 Å². The molecule has 1 amide bonds. The highest BCUT2D eigenvalue weighted by Crippen LogP contribution is 2.13. The summed E-state index contributed by atoms with van der Waals surface area (Å²) in [6.07, 6.45) is 1.10. The summed E-state index contributed by atoms with van der Waals surface area (Å²) in [6.45, 7) is 2.55. The van der Waals surface area contributed by atoms with Crippen LogP contribution in [0.15, 0.2) is 48.5 Å². The SMILES string of the molecule is Cc1cccc(OCCCC(=O)Nc2ccc(N)cc2)c1. The average molecular weight is 284 g/mol. The van der Waals surface area contributed by atoms with E-state index < -0.39 is 0 Å². The Morgan fingerprint density at radius 3 is 2.67 bits per heavy atom. The number of anilines is 2. The molecule has 0 spiro atoms. The molecule has 0 fully saturated rings. The van der Waals surface area contributed by atoms with E-state index in [1.807, 2.05) is 31.2 Å². The molecule has 0 aliphatic rings. The molecule has 0 aliphatic heterocycles. The summed E-state index contributed by atoms with van der Waals surface area (Å²) in [5, 5.41) is 2.83. The Labute approximate surface area is 124 Å². The maximum absolute atomic E-state index is 11.8. The largest absolute Gasteiger partial charge is 0.494 e. The minimum absolute atomic E-state index is 0.0207. The fourth-order valence-electron chi connectivity index (χ4n) is 1.92. The minimum atomic E-state index is -0.0207. The zero-order chi connectivity index (χ0) is 15.1. The van der Waals surface area contributed by atoms with Gasteiger partial charge in [-0.2, -0.15) is 0 Å². The van der Waals surface area contributed by atoms with Crippen molar-refractivity contribution < 1.29 is 9.53 Å². The molecule has 0 saturated carbocycles. The van der Waals surface area contributed by atoms with Crippen LogP contribution in [0.25, 0.3) is 0 Å². The molecule has 0 aliphatic carbocycles. The lowest BCUT2D eigenvalue weighted by molar-refractivity contribution is -0.116. The predicted octanol–water partition coefficient (Wildman–Crippen LogP) is 3.37. The van der Waals surface area contributed by atoms with Crippen LogP contribution in [-0.2, 0) is 4.79 Å². The number of hydrogen-bond donors (Lipinski definition) is 2. The zero-order valence-electron chi connectivity index (χ0n) is 12.1. The van der Waals surface area contributed by atoms with Gasteiger partial charge in [-0.1, -0.05) is 12.1 Å². The molecule has 0 aromatic heterocycles. The second-order valence-electron chi connectivity index (χ2n) is 4.94. The number of carbonyl (C=O) groups is 1. The number of amides is 1. The summed E-state index contributed by atoms with van der Waals surface area (Å²) in [5.74, 6) is 0.821. The molecule has 110 valence electrons. The topological polar surface area (TPSA) is 64.3 Å². The molecule has 0 radical (unpaired) electrons. The third kappa shape index (κ3) is 5.18. The van der Waals surface area contributed by atoms with Crippen LogP contribution in [0.3, 0.4) is 0 Å². The summed E-state index contributed by atoms with van der Waals surface area (Å²) >= 11 is 0. The molecule has 0 bridgehead atoms. The molecule has 3 N–H and O–H groups in total. The van der Waals surface area contributed by atoms with Gasteiger partial charge in [-0.3, -0.25) is 4.79 Å². The monoisotopic (exact) mass is 284 g/mol. The Morgan fingerprint density at radius 2 is 1.95 bits per heavy atom. The van der Waals surface area contributed by atoms with Gasteiger partial charge in [0.15, 0.2) is 0 Å². The smallest absolute Gasteiger partial charge is 0.224 e. The molecular weight excluding hydrogens is 264 g/mol. The van der Waals surface area contributed by atoms with Crippen molar-refractivity contribution in [3.63, 3.8) is 0 Å². The van der Waals surface area contributed by atoms with Crippen LogP contribution in [0.5, 0.6) is 5.75 Å². The Kier molecular flexibility index (Phi) is 5.21. The number of rotatable bonds is 6. The molecule has 0 saturated heterocycles. The number of hydrogen-bond acceptors (Lipinski definition) is 3. The molecule has 2 aromatic rings. The highest BCUT2D eigenvalue weighted by Gasteiger charge is 2.02. The van der Waals surface area contributed by atoms with Crippen LogP contribution in [-0.4, -0.2) is 12.5 Å². The summed E-state index contributed by atoms with van der Waals surface area (Å²) in [4.78, 5) is 11.8.